The first-order valence-electron chi connectivity index (χ1n) is 5.84. The maximum absolute atomic E-state index is 11.6. The zero-order valence-electron chi connectivity index (χ0n) is 10.0. The molecule has 1 N–H and O–H groups in total. The Labute approximate surface area is 102 Å². The number of nitrogens with zero attached hydrogens (tertiary/aromatic N) is 2. The van der Waals surface area contributed by atoms with E-state index >= 15 is 0 Å². The van der Waals surface area contributed by atoms with E-state index in [-0.39, 0.29) is 12.3 Å². The van der Waals surface area contributed by atoms with Gasteiger partial charge in [-0.3, -0.25) is 9.78 Å². The van der Waals surface area contributed by atoms with Gasteiger partial charge in [-0.05, 0) is 18.1 Å². The van der Waals surface area contributed by atoms with E-state index in [1.165, 1.54) is 0 Å². The molecule has 1 atom stereocenters. The number of hydrogen-bond donors (Lipinski definition) is 1. The summed E-state index contributed by atoms with van der Waals surface area (Å²) in [5.41, 5.74) is 0.792. The lowest BCUT2D eigenvalue weighted by atomic mass is 9.99. The molecule has 0 aliphatic carbocycles. The largest absolute Gasteiger partial charge is 0.356 e. The van der Waals surface area contributed by atoms with Gasteiger partial charge < -0.3 is 5.32 Å². The quantitative estimate of drug-likeness (QED) is 0.761. The van der Waals surface area contributed by atoms with E-state index in [1.54, 1.807) is 18.5 Å². The van der Waals surface area contributed by atoms with Crippen LogP contribution in [0.15, 0.2) is 24.5 Å². The molecule has 0 fully saturated rings. The van der Waals surface area contributed by atoms with Crippen molar-refractivity contribution in [2.24, 2.45) is 0 Å². The standard InChI is InChI=1S/C13H17N3O/c1-2-3-7-16-13(17)8-12(9-14)11-5-4-6-15-10-11/h4-6,10,12H,2-3,7-8H2,1H3,(H,16,17). The summed E-state index contributed by atoms with van der Waals surface area (Å²) in [6.45, 7) is 2.75. The summed E-state index contributed by atoms with van der Waals surface area (Å²) in [6.07, 6.45) is 5.50. The van der Waals surface area contributed by atoms with Crippen molar-refractivity contribution in [2.75, 3.05) is 6.54 Å². The molecule has 4 nitrogen and oxygen atoms in total. The van der Waals surface area contributed by atoms with E-state index in [0.717, 1.165) is 18.4 Å². The Bertz CT molecular complexity index is 383. The Morgan fingerprint density at radius 1 is 1.65 bits per heavy atom. The second kappa shape index (κ2) is 7.39. The molecule has 1 rings (SSSR count). The predicted molar refractivity (Wildman–Crippen MR) is 65.1 cm³/mol. The predicted octanol–water partition coefficient (Wildman–Crippen LogP) is 2.00. The van der Waals surface area contributed by atoms with Gasteiger partial charge in [0.05, 0.1) is 12.0 Å². The van der Waals surface area contributed by atoms with Gasteiger partial charge in [-0.25, -0.2) is 0 Å². The van der Waals surface area contributed by atoms with Crippen molar-refractivity contribution in [2.45, 2.75) is 32.1 Å². The molecule has 0 aliphatic heterocycles. The summed E-state index contributed by atoms with van der Waals surface area (Å²) in [4.78, 5) is 15.5. The van der Waals surface area contributed by atoms with Crippen LogP contribution in [0, 0.1) is 11.3 Å². The second-order valence-electron chi connectivity index (χ2n) is 3.88. The summed E-state index contributed by atoms with van der Waals surface area (Å²) in [5.74, 6) is -0.487. The van der Waals surface area contributed by atoms with Crippen LogP contribution in [-0.2, 0) is 4.79 Å². The molecule has 0 aliphatic rings. The number of rotatable bonds is 6. The first kappa shape index (κ1) is 13.2. The molecule has 1 heterocycles. The normalized spacial score (nSPS) is 11.5. The third-order valence-corrected chi connectivity index (χ3v) is 2.48. The molecular weight excluding hydrogens is 214 g/mol. The van der Waals surface area contributed by atoms with Gasteiger partial charge in [-0.1, -0.05) is 19.4 Å². The van der Waals surface area contributed by atoms with Crippen LogP contribution in [0.2, 0.25) is 0 Å². The summed E-state index contributed by atoms with van der Waals surface area (Å²) < 4.78 is 0. The van der Waals surface area contributed by atoms with Crippen molar-refractivity contribution in [1.29, 1.82) is 5.26 Å². The number of aromatic nitrogens is 1. The topological polar surface area (TPSA) is 65.8 Å². The van der Waals surface area contributed by atoms with Crippen molar-refractivity contribution in [3.05, 3.63) is 30.1 Å². The maximum atomic E-state index is 11.6. The molecule has 0 saturated heterocycles. The van der Waals surface area contributed by atoms with E-state index in [0.29, 0.717) is 6.54 Å². The molecule has 1 unspecified atom stereocenters. The van der Waals surface area contributed by atoms with Crippen LogP contribution < -0.4 is 5.32 Å². The minimum Gasteiger partial charge on any atom is -0.356 e. The highest BCUT2D eigenvalue weighted by molar-refractivity contribution is 5.77. The lowest BCUT2D eigenvalue weighted by Crippen LogP contribution is -2.25. The van der Waals surface area contributed by atoms with Gasteiger partial charge in [-0.15, -0.1) is 0 Å². The van der Waals surface area contributed by atoms with Crippen molar-refractivity contribution >= 4 is 5.91 Å². The Balaban J connectivity index is 2.48. The SMILES string of the molecule is CCCCNC(=O)CC(C#N)c1cccnc1. The third-order valence-electron chi connectivity index (χ3n) is 2.48. The summed E-state index contributed by atoms with van der Waals surface area (Å²) in [7, 11) is 0. The number of nitriles is 1. The maximum Gasteiger partial charge on any atom is 0.221 e. The van der Waals surface area contributed by atoms with Crippen molar-refractivity contribution in [3.8, 4) is 6.07 Å². The monoisotopic (exact) mass is 231 g/mol. The highest BCUT2D eigenvalue weighted by atomic mass is 16.1. The average Bonchev–Trinajstić information content (AvgIpc) is 2.37. The van der Waals surface area contributed by atoms with Gasteiger partial charge in [0, 0.05) is 25.4 Å². The lowest BCUT2D eigenvalue weighted by Gasteiger charge is -2.09. The minimum atomic E-state index is -0.412. The van der Waals surface area contributed by atoms with E-state index in [9.17, 15) is 4.79 Å². The fraction of sp³-hybridized carbons (Fsp3) is 0.462. The molecule has 1 aromatic rings. The van der Waals surface area contributed by atoms with E-state index in [2.05, 4.69) is 23.3 Å². The smallest absolute Gasteiger partial charge is 0.221 e. The molecular formula is C13H17N3O. The molecule has 4 heteroatoms. The highest BCUT2D eigenvalue weighted by Gasteiger charge is 2.14. The van der Waals surface area contributed by atoms with E-state index < -0.39 is 5.92 Å². The Hall–Kier alpha value is -1.89. The molecule has 1 aromatic heterocycles. The first-order valence-corrected chi connectivity index (χ1v) is 5.84. The fourth-order valence-corrected chi connectivity index (χ4v) is 1.48. The molecule has 0 saturated carbocycles. The summed E-state index contributed by atoms with van der Waals surface area (Å²) >= 11 is 0. The Morgan fingerprint density at radius 2 is 2.47 bits per heavy atom. The number of pyridine rings is 1. The number of amides is 1. The Kier molecular flexibility index (Phi) is 5.73. The highest BCUT2D eigenvalue weighted by Crippen LogP contribution is 2.17. The van der Waals surface area contributed by atoms with Crippen LogP contribution in [0.4, 0.5) is 0 Å². The van der Waals surface area contributed by atoms with Crippen molar-refractivity contribution in [3.63, 3.8) is 0 Å². The second-order valence-corrected chi connectivity index (χ2v) is 3.88. The average molecular weight is 231 g/mol. The van der Waals surface area contributed by atoms with E-state index in [1.807, 2.05) is 6.07 Å². The zero-order valence-corrected chi connectivity index (χ0v) is 10.0. The minimum absolute atomic E-state index is 0.0751. The molecule has 0 spiro atoms. The van der Waals surface area contributed by atoms with Crippen LogP contribution in [0.3, 0.4) is 0 Å². The van der Waals surface area contributed by atoms with Crippen LogP contribution in [-0.4, -0.2) is 17.4 Å². The van der Waals surface area contributed by atoms with Gasteiger partial charge in [0.15, 0.2) is 0 Å². The molecule has 17 heavy (non-hydrogen) atoms. The molecule has 0 radical (unpaired) electrons. The van der Waals surface area contributed by atoms with Gasteiger partial charge in [0.1, 0.15) is 0 Å². The van der Waals surface area contributed by atoms with Crippen LogP contribution in [0.1, 0.15) is 37.7 Å². The summed E-state index contributed by atoms with van der Waals surface area (Å²) in [6, 6.07) is 5.73. The number of carbonyl (C=O) groups excluding carboxylic acids is 1. The third kappa shape index (κ3) is 4.64. The van der Waals surface area contributed by atoms with Gasteiger partial charge in [0.25, 0.3) is 0 Å². The zero-order chi connectivity index (χ0) is 12.5. The molecule has 1 amide bonds. The van der Waals surface area contributed by atoms with Crippen molar-refractivity contribution < 1.29 is 4.79 Å². The van der Waals surface area contributed by atoms with Crippen LogP contribution >= 0.6 is 0 Å². The van der Waals surface area contributed by atoms with Gasteiger partial charge in [-0.2, -0.15) is 5.26 Å². The number of carbonyl (C=O) groups is 1. The number of nitrogens with one attached hydrogen (secondary N) is 1. The molecule has 0 aromatic carbocycles. The fourth-order valence-electron chi connectivity index (χ4n) is 1.48. The van der Waals surface area contributed by atoms with Crippen LogP contribution in [0.25, 0.3) is 0 Å². The number of hydrogen-bond acceptors (Lipinski definition) is 3. The van der Waals surface area contributed by atoms with Gasteiger partial charge >= 0.3 is 0 Å². The lowest BCUT2D eigenvalue weighted by molar-refractivity contribution is -0.121. The van der Waals surface area contributed by atoms with Crippen LogP contribution in [0.5, 0.6) is 0 Å². The first-order chi connectivity index (χ1) is 8.27. The molecule has 0 bridgehead atoms. The summed E-state index contributed by atoms with van der Waals surface area (Å²) in [5, 5.41) is 11.8. The number of unbranched alkanes of at least 4 members (excludes halogenated alkanes) is 1. The van der Waals surface area contributed by atoms with E-state index in [4.69, 9.17) is 5.26 Å². The Morgan fingerprint density at radius 3 is 3.06 bits per heavy atom. The van der Waals surface area contributed by atoms with Gasteiger partial charge in [0.2, 0.25) is 5.91 Å². The molecule has 90 valence electrons. The van der Waals surface area contributed by atoms with Crippen molar-refractivity contribution in [1.82, 2.24) is 10.3 Å².